The lowest BCUT2D eigenvalue weighted by atomic mass is 10.1. The predicted octanol–water partition coefficient (Wildman–Crippen LogP) is 3.54. The minimum Gasteiger partial charge on any atom is -0.310 e. The van der Waals surface area contributed by atoms with Crippen LogP contribution in [0.25, 0.3) is 0 Å². The Kier molecular flexibility index (Phi) is 5.20. The van der Waals surface area contributed by atoms with Crippen LogP contribution in [0.1, 0.15) is 26.3 Å². The van der Waals surface area contributed by atoms with Crippen molar-refractivity contribution in [1.29, 1.82) is 0 Å². The predicted molar refractivity (Wildman–Crippen MR) is 69.4 cm³/mol. The van der Waals surface area contributed by atoms with E-state index in [-0.39, 0.29) is 0 Å². The van der Waals surface area contributed by atoms with E-state index in [1.54, 1.807) is 11.8 Å². The highest BCUT2D eigenvalue weighted by Crippen LogP contribution is 2.14. The summed E-state index contributed by atoms with van der Waals surface area (Å²) in [6, 6.07) is 9.34. The topological polar surface area (TPSA) is 12.0 Å². The van der Waals surface area contributed by atoms with E-state index in [1.807, 2.05) is 0 Å². The molecule has 0 fully saturated rings. The molecular formula is C13H21NS. The Balaban J connectivity index is 2.44. The second-order valence-corrected chi connectivity index (χ2v) is 5.14. The highest BCUT2D eigenvalue weighted by molar-refractivity contribution is 7.98. The van der Waals surface area contributed by atoms with Gasteiger partial charge in [-0.2, -0.15) is 0 Å². The van der Waals surface area contributed by atoms with Crippen LogP contribution in [0.4, 0.5) is 0 Å². The van der Waals surface area contributed by atoms with E-state index in [1.165, 1.54) is 10.5 Å². The van der Waals surface area contributed by atoms with Crippen LogP contribution in [0.15, 0.2) is 29.2 Å². The Morgan fingerprint density at radius 2 is 1.73 bits per heavy atom. The number of nitrogens with one attached hydrogen (secondary N) is 1. The molecule has 1 unspecified atom stereocenters. The van der Waals surface area contributed by atoms with Crippen LogP contribution in [0.2, 0.25) is 0 Å². The maximum Gasteiger partial charge on any atom is 0.0208 e. The second-order valence-electron chi connectivity index (χ2n) is 4.26. The average Bonchev–Trinajstić information content (AvgIpc) is 2.26. The van der Waals surface area contributed by atoms with Crippen LogP contribution in [0.3, 0.4) is 0 Å². The molecule has 1 nitrogen and oxygen atoms in total. The zero-order chi connectivity index (χ0) is 11.3. The minimum absolute atomic E-state index is 0.574. The van der Waals surface area contributed by atoms with Crippen LogP contribution in [-0.4, -0.2) is 12.3 Å². The standard InChI is InChI=1S/C13H21NS/c1-10(2)11(3)14-9-12-5-7-13(15-4)8-6-12/h5-8,10-11,14H,9H2,1-4H3. The Bertz CT molecular complexity index is 279. The van der Waals surface area contributed by atoms with Gasteiger partial charge in [0, 0.05) is 17.5 Å². The monoisotopic (exact) mass is 223 g/mol. The first-order valence-electron chi connectivity index (χ1n) is 5.49. The van der Waals surface area contributed by atoms with Gasteiger partial charge in [0.05, 0.1) is 0 Å². The van der Waals surface area contributed by atoms with Gasteiger partial charge in [0.15, 0.2) is 0 Å². The SMILES string of the molecule is CSc1ccc(CNC(C)C(C)C)cc1. The maximum absolute atomic E-state index is 3.53. The van der Waals surface area contributed by atoms with Crippen LogP contribution >= 0.6 is 11.8 Å². The zero-order valence-electron chi connectivity index (χ0n) is 10.1. The lowest BCUT2D eigenvalue weighted by Crippen LogP contribution is -2.30. The summed E-state index contributed by atoms with van der Waals surface area (Å²) >= 11 is 1.79. The van der Waals surface area contributed by atoms with Gasteiger partial charge in [-0.1, -0.05) is 26.0 Å². The molecule has 1 aromatic carbocycles. The third-order valence-electron chi connectivity index (χ3n) is 2.79. The van der Waals surface area contributed by atoms with E-state index in [0.717, 1.165) is 6.54 Å². The Hall–Kier alpha value is -0.470. The van der Waals surface area contributed by atoms with E-state index >= 15 is 0 Å². The third-order valence-corrected chi connectivity index (χ3v) is 3.53. The third kappa shape index (κ3) is 4.27. The van der Waals surface area contributed by atoms with Gasteiger partial charge in [-0.3, -0.25) is 0 Å². The average molecular weight is 223 g/mol. The van der Waals surface area contributed by atoms with Crippen molar-refractivity contribution in [1.82, 2.24) is 5.32 Å². The summed E-state index contributed by atoms with van der Waals surface area (Å²) in [5.41, 5.74) is 1.36. The molecule has 1 N–H and O–H groups in total. The molecule has 84 valence electrons. The van der Waals surface area contributed by atoms with Gasteiger partial charge in [0.1, 0.15) is 0 Å². The Morgan fingerprint density at radius 1 is 1.13 bits per heavy atom. The van der Waals surface area contributed by atoms with Crippen molar-refractivity contribution in [2.24, 2.45) is 5.92 Å². The summed E-state index contributed by atoms with van der Waals surface area (Å²) in [6.07, 6.45) is 2.11. The lowest BCUT2D eigenvalue weighted by molar-refractivity contribution is 0.426. The van der Waals surface area contributed by atoms with Crippen molar-refractivity contribution in [3.8, 4) is 0 Å². The minimum atomic E-state index is 0.574. The van der Waals surface area contributed by atoms with Gasteiger partial charge < -0.3 is 5.32 Å². The molecule has 0 saturated heterocycles. The first-order chi connectivity index (χ1) is 7.13. The van der Waals surface area contributed by atoms with Gasteiger partial charge in [-0.05, 0) is 36.8 Å². The molecule has 0 aliphatic carbocycles. The number of benzene rings is 1. The molecule has 0 bridgehead atoms. The zero-order valence-corrected chi connectivity index (χ0v) is 10.9. The second kappa shape index (κ2) is 6.19. The lowest BCUT2D eigenvalue weighted by Gasteiger charge is -2.17. The van der Waals surface area contributed by atoms with Crippen molar-refractivity contribution in [3.05, 3.63) is 29.8 Å². The van der Waals surface area contributed by atoms with Crippen molar-refractivity contribution >= 4 is 11.8 Å². The van der Waals surface area contributed by atoms with E-state index in [4.69, 9.17) is 0 Å². The van der Waals surface area contributed by atoms with Crippen LogP contribution < -0.4 is 5.32 Å². The maximum atomic E-state index is 3.53. The molecule has 1 atom stereocenters. The largest absolute Gasteiger partial charge is 0.310 e. The molecule has 0 spiro atoms. The van der Waals surface area contributed by atoms with Crippen molar-refractivity contribution in [2.45, 2.75) is 38.3 Å². The highest BCUT2D eigenvalue weighted by Gasteiger charge is 2.05. The highest BCUT2D eigenvalue weighted by atomic mass is 32.2. The first kappa shape index (κ1) is 12.6. The van der Waals surface area contributed by atoms with Crippen molar-refractivity contribution < 1.29 is 0 Å². The molecule has 15 heavy (non-hydrogen) atoms. The van der Waals surface area contributed by atoms with Gasteiger partial charge in [0.25, 0.3) is 0 Å². The number of hydrogen-bond acceptors (Lipinski definition) is 2. The molecule has 2 heteroatoms. The van der Waals surface area contributed by atoms with E-state index in [9.17, 15) is 0 Å². The number of rotatable bonds is 5. The number of thioether (sulfide) groups is 1. The summed E-state index contributed by atoms with van der Waals surface area (Å²) in [4.78, 5) is 1.33. The van der Waals surface area contributed by atoms with Crippen LogP contribution in [0.5, 0.6) is 0 Å². The van der Waals surface area contributed by atoms with Gasteiger partial charge >= 0.3 is 0 Å². The molecule has 1 aromatic rings. The Labute approximate surface area is 97.7 Å². The van der Waals surface area contributed by atoms with Crippen LogP contribution in [-0.2, 0) is 6.54 Å². The van der Waals surface area contributed by atoms with E-state index < -0.39 is 0 Å². The molecule has 0 aromatic heterocycles. The van der Waals surface area contributed by atoms with Gasteiger partial charge in [-0.25, -0.2) is 0 Å². The summed E-state index contributed by atoms with van der Waals surface area (Å²) in [6.45, 7) is 7.69. The van der Waals surface area contributed by atoms with Crippen molar-refractivity contribution in [2.75, 3.05) is 6.26 Å². The molecular weight excluding hydrogens is 202 g/mol. The van der Waals surface area contributed by atoms with Crippen LogP contribution in [0, 0.1) is 5.92 Å². The first-order valence-corrected chi connectivity index (χ1v) is 6.72. The fourth-order valence-electron chi connectivity index (χ4n) is 1.26. The summed E-state index contributed by atoms with van der Waals surface area (Å²) in [7, 11) is 0. The molecule has 1 rings (SSSR count). The molecule has 0 heterocycles. The van der Waals surface area contributed by atoms with E-state index in [2.05, 4.69) is 56.6 Å². The quantitative estimate of drug-likeness (QED) is 0.766. The normalized spacial score (nSPS) is 13.1. The fourth-order valence-corrected chi connectivity index (χ4v) is 1.67. The molecule has 0 aliphatic heterocycles. The molecule has 0 saturated carbocycles. The summed E-state index contributed by atoms with van der Waals surface area (Å²) in [5, 5.41) is 3.53. The van der Waals surface area contributed by atoms with Gasteiger partial charge in [0.2, 0.25) is 0 Å². The van der Waals surface area contributed by atoms with Crippen molar-refractivity contribution in [3.63, 3.8) is 0 Å². The molecule has 0 amide bonds. The van der Waals surface area contributed by atoms with Gasteiger partial charge in [-0.15, -0.1) is 11.8 Å². The summed E-state index contributed by atoms with van der Waals surface area (Å²) in [5.74, 6) is 0.690. The van der Waals surface area contributed by atoms with E-state index in [0.29, 0.717) is 12.0 Å². The molecule has 0 radical (unpaired) electrons. The fraction of sp³-hybridized carbons (Fsp3) is 0.538. The Morgan fingerprint density at radius 3 is 2.20 bits per heavy atom. The molecule has 0 aliphatic rings. The smallest absolute Gasteiger partial charge is 0.0208 e. The summed E-state index contributed by atoms with van der Waals surface area (Å²) < 4.78 is 0. The number of hydrogen-bond donors (Lipinski definition) is 1.